The molecule has 1 amide bonds. The molecule has 0 fully saturated rings. The van der Waals surface area contributed by atoms with E-state index in [2.05, 4.69) is 5.32 Å². The van der Waals surface area contributed by atoms with Crippen molar-refractivity contribution < 1.29 is 41.8 Å². The van der Waals surface area contributed by atoms with Crippen LogP contribution in [0.2, 0.25) is 0 Å². The Morgan fingerprint density at radius 1 is 0.979 bits per heavy atom. The number of fused-ring (bicyclic) bond motifs is 1. The summed E-state index contributed by atoms with van der Waals surface area (Å²) in [7, 11) is 0. The van der Waals surface area contributed by atoms with Crippen LogP contribution >= 0.6 is 0 Å². The number of amides is 1. The molecular formula is C35H40N2O9S. The quantitative estimate of drug-likeness (QED) is 0.122. The SMILES string of the molecule is CCOC(=O)COc1cccc2oc(C(=O)Nc3ccc(-c4ccc(N(C(C(=O)OC(C)(C)C)C(C)C)S(=O)O)cc4)cc3)c(C)c12. The largest absolute Gasteiger partial charge is 0.481 e. The fourth-order valence-electron chi connectivity index (χ4n) is 5.03. The minimum Gasteiger partial charge on any atom is -0.481 e. The molecule has 4 rings (SSSR count). The predicted molar refractivity (Wildman–Crippen MR) is 181 cm³/mol. The molecule has 47 heavy (non-hydrogen) atoms. The van der Waals surface area contributed by atoms with E-state index in [1.54, 1.807) is 103 Å². The monoisotopic (exact) mass is 664 g/mol. The van der Waals surface area contributed by atoms with Gasteiger partial charge in [-0.1, -0.05) is 44.2 Å². The van der Waals surface area contributed by atoms with Crippen molar-refractivity contribution in [1.29, 1.82) is 0 Å². The van der Waals surface area contributed by atoms with E-state index in [1.165, 1.54) is 0 Å². The van der Waals surface area contributed by atoms with Crippen LogP contribution < -0.4 is 14.4 Å². The number of carbonyl (C=O) groups excluding carboxylic acids is 3. The highest BCUT2D eigenvalue weighted by Crippen LogP contribution is 2.34. The summed E-state index contributed by atoms with van der Waals surface area (Å²) in [5.41, 5.74) is 2.84. The lowest BCUT2D eigenvalue weighted by Gasteiger charge is -2.33. The third-order valence-corrected chi connectivity index (χ3v) is 7.85. The van der Waals surface area contributed by atoms with Crippen LogP contribution in [0.1, 0.15) is 57.7 Å². The molecule has 11 nitrogen and oxygen atoms in total. The van der Waals surface area contributed by atoms with Crippen LogP contribution in [0.25, 0.3) is 22.1 Å². The molecule has 0 spiro atoms. The average molecular weight is 665 g/mol. The lowest BCUT2D eigenvalue weighted by molar-refractivity contribution is -0.157. The van der Waals surface area contributed by atoms with Gasteiger partial charge in [-0.05, 0) is 88.1 Å². The lowest BCUT2D eigenvalue weighted by Crippen LogP contribution is -2.48. The normalized spacial score (nSPS) is 12.8. The topological polar surface area (TPSA) is 145 Å². The van der Waals surface area contributed by atoms with Gasteiger partial charge in [0, 0.05) is 11.3 Å². The molecule has 4 aromatic rings. The van der Waals surface area contributed by atoms with Gasteiger partial charge in [0.15, 0.2) is 12.4 Å². The van der Waals surface area contributed by atoms with Crippen molar-refractivity contribution in [2.45, 2.75) is 60.1 Å². The number of rotatable bonds is 12. The molecular weight excluding hydrogens is 624 g/mol. The first-order chi connectivity index (χ1) is 22.2. The Hall–Kier alpha value is -4.68. The average Bonchev–Trinajstić information content (AvgIpc) is 3.35. The Morgan fingerprint density at radius 3 is 2.15 bits per heavy atom. The van der Waals surface area contributed by atoms with Crippen LogP contribution in [0.4, 0.5) is 11.4 Å². The Bertz CT molecular complexity index is 1760. The van der Waals surface area contributed by atoms with Crippen LogP contribution in [0.15, 0.2) is 71.1 Å². The van der Waals surface area contributed by atoms with Gasteiger partial charge in [-0.25, -0.2) is 13.8 Å². The molecule has 2 atom stereocenters. The number of esters is 2. The van der Waals surface area contributed by atoms with Gasteiger partial charge in [0.05, 0.1) is 17.7 Å². The van der Waals surface area contributed by atoms with Gasteiger partial charge in [-0.15, -0.1) is 0 Å². The molecule has 2 N–H and O–H groups in total. The molecule has 0 radical (unpaired) electrons. The minimum atomic E-state index is -2.48. The molecule has 3 aromatic carbocycles. The summed E-state index contributed by atoms with van der Waals surface area (Å²) in [5, 5.41) is 3.44. The number of nitrogens with zero attached hydrogens (tertiary/aromatic N) is 1. The van der Waals surface area contributed by atoms with E-state index in [1.807, 2.05) is 12.1 Å². The smallest absolute Gasteiger partial charge is 0.344 e. The van der Waals surface area contributed by atoms with Gasteiger partial charge >= 0.3 is 11.9 Å². The first-order valence-corrected chi connectivity index (χ1v) is 16.2. The van der Waals surface area contributed by atoms with Gasteiger partial charge in [-0.2, -0.15) is 0 Å². The maximum atomic E-state index is 13.2. The molecule has 0 aliphatic heterocycles. The molecule has 0 aliphatic carbocycles. The number of carbonyl (C=O) groups is 3. The first-order valence-electron chi connectivity index (χ1n) is 15.2. The summed E-state index contributed by atoms with van der Waals surface area (Å²) < 4.78 is 45.7. The van der Waals surface area contributed by atoms with Gasteiger partial charge in [0.25, 0.3) is 17.2 Å². The van der Waals surface area contributed by atoms with E-state index >= 15 is 0 Å². The molecule has 12 heteroatoms. The molecule has 1 aromatic heterocycles. The van der Waals surface area contributed by atoms with Crippen molar-refractivity contribution in [3.05, 3.63) is 78.1 Å². The fraction of sp³-hybridized carbons (Fsp3) is 0.343. The molecule has 0 saturated carbocycles. The van der Waals surface area contributed by atoms with Crippen molar-refractivity contribution in [2.24, 2.45) is 5.92 Å². The highest BCUT2D eigenvalue weighted by atomic mass is 32.2. The fourth-order valence-corrected chi connectivity index (χ4v) is 5.85. The third kappa shape index (κ3) is 8.57. The second-order valence-corrected chi connectivity index (χ2v) is 13.0. The van der Waals surface area contributed by atoms with Crippen molar-refractivity contribution in [1.82, 2.24) is 0 Å². The summed E-state index contributed by atoms with van der Waals surface area (Å²) >= 11 is -2.48. The number of ether oxygens (including phenoxy) is 3. The second kappa shape index (κ2) is 14.8. The molecule has 1 heterocycles. The lowest BCUT2D eigenvalue weighted by atomic mass is 10.0. The predicted octanol–water partition coefficient (Wildman–Crippen LogP) is 6.91. The van der Waals surface area contributed by atoms with Gasteiger partial charge in [0.2, 0.25) is 0 Å². The van der Waals surface area contributed by atoms with Gasteiger partial charge in [-0.3, -0.25) is 13.7 Å². The number of hydrogen-bond donors (Lipinski definition) is 2. The standard InChI is InChI=1S/C35H40N2O9S/c1-8-43-29(38)20-44-27-10-9-11-28-30(27)22(4)32(45-28)33(39)36-25-16-12-23(13-17-25)24-14-18-26(19-15-24)37(47(41)42)31(21(2)3)34(40)46-35(5,6)7/h9-19,21,31H,8,20H2,1-7H3,(H,36,39)(H,41,42). The number of nitrogens with one attached hydrogen (secondary N) is 1. The Balaban J connectivity index is 1.49. The maximum Gasteiger partial charge on any atom is 0.344 e. The second-order valence-electron chi connectivity index (χ2n) is 12.1. The van der Waals surface area contributed by atoms with Crippen molar-refractivity contribution in [3.8, 4) is 16.9 Å². The van der Waals surface area contributed by atoms with E-state index in [0.717, 1.165) is 15.4 Å². The summed E-state index contributed by atoms with van der Waals surface area (Å²) in [6.45, 7) is 12.3. The first kappa shape index (κ1) is 35.2. The van der Waals surface area contributed by atoms with Crippen LogP contribution in [-0.4, -0.2) is 51.5 Å². The van der Waals surface area contributed by atoms with Gasteiger partial charge < -0.3 is 23.9 Å². The summed E-state index contributed by atoms with van der Waals surface area (Å²) in [5.74, 6) is -1.32. The molecule has 250 valence electrons. The Kier molecular flexibility index (Phi) is 11.1. The van der Waals surface area contributed by atoms with E-state index in [9.17, 15) is 23.1 Å². The van der Waals surface area contributed by atoms with Crippen molar-refractivity contribution >= 4 is 51.5 Å². The van der Waals surface area contributed by atoms with Crippen LogP contribution in [0, 0.1) is 12.8 Å². The number of benzene rings is 3. The summed E-state index contributed by atoms with van der Waals surface area (Å²) in [4.78, 5) is 38.0. The third-order valence-electron chi connectivity index (χ3n) is 7.07. The molecule has 2 unspecified atom stereocenters. The number of furan rings is 1. The van der Waals surface area contributed by atoms with Crippen LogP contribution in [0.5, 0.6) is 5.75 Å². The summed E-state index contributed by atoms with van der Waals surface area (Å²) in [6.07, 6.45) is 0. The zero-order valence-electron chi connectivity index (χ0n) is 27.5. The molecule has 0 saturated heterocycles. The Morgan fingerprint density at radius 2 is 1.60 bits per heavy atom. The number of hydrogen-bond acceptors (Lipinski definition) is 8. The number of anilines is 2. The van der Waals surface area contributed by atoms with E-state index in [4.69, 9.17) is 18.6 Å². The van der Waals surface area contributed by atoms with Gasteiger partial charge in [0.1, 0.15) is 23.0 Å². The highest BCUT2D eigenvalue weighted by Gasteiger charge is 2.36. The van der Waals surface area contributed by atoms with Crippen LogP contribution in [-0.2, 0) is 30.3 Å². The van der Waals surface area contributed by atoms with E-state index < -0.39 is 40.8 Å². The zero-order chi connectivity index (χ0) is 34.5. The van der Waals surface area contributed by atoms with E-state index in [0.29, 0.717) is 33.7 Å². The van der Waals surface area contributed by atoms with Crippen molar-refractivity contribution in [2.75, 3.05) is 22.8 Å². The maximum absolute atomic E-state index is 13.2. The molecule has 0 aliphatic rings. The zero-order valence-corrected chi connectivity index (χ0v) is 28.3. The Labute approximate surface area is 276 Å². The number of aryl methyl sites for hydroxylation is 1. The molecule has 0 bridgehead atoms. The van der Waals surface area contributed by atoms with Crippen LogP contribution in [0.3, 0.4) is 0 Å². The minimum absolute atomic E-state index is 0.115. The highest BCUT2D eigenvalue weighted by molar-refractivity contribution is 7.80. The summed E-state index contributed by atoms with van der Waals surface area (Å²) in [6, 6.07) is 18.2. The van der Waals surface area contributed by atoms with Crippen molar-refractivity contribution in [3.63, 3.8) is 0 Å². The van der Waals surface area contributed by atoms with E-state index in [-0.39, 0.29) is 24.9 Å².